The minimum atomic E-state index is -0.466. The first-order valence-corrected chi connectivity index (χ1v) is 6.19. The number of rotatable bonds is 2. The van der Waals surface area contributed by atoms with Gasteiger partial charge in [-0.05, 0) is 46.3 Å². The van der Waals surface area contributed by atoms with Crippen molar-refractivity contribution in [2.75, 3.05) is 5.32 Å². The first-order valence-electron chi connectivity index (χ1n) is 5.02. The summed E-state index contributed by atoms with van der Waals surface area (Å²) >= 11 is 8.95. The monoisotopic (exact) mass is 324 g/mol. The Hall–Kier alpha value is -1.57. The maximum absolute atomic E-state index is 13.6. The predicted molar refractivity (Wildman–Crippen MR) is 73.5 cm³/mol. The van der Waals surface area contributed by atoms with Gasteiger partial charge in [-0.2, -0.15) is 5.26 Å². The summed E-state index contributed by atoms with van der Waals surface area (Å²) in [5.41, 5.74) is 1.23. The lowest BCUT2D eigenvalue weighted by molar-refractivity contribution is 0.632. The van der Waals surface area contributed by atoms with Gasteiger partial charge in [0.1, 0.15) is 11.9 Å². The van der Waals surface area contributed by atoms with Gasteiger partial charge in [0.25, 0.3) is 0 Å². The van der Waals surface area contributed by atoms with Crippen molar-refractivity contribution >= 4 is 38.9 Å². The number of hydrogen-bond donors (Lipinski definition) is 1. The Morgan fingerprint density at radius 3 is 2.67 bits per heavy atom. The van der Waals surface area contributed by atoms with Gasteiger partial charge in [0.2, 0.25) is 0 Å². The van der Waals surface area contributed by atoms with Crippen LogP contribution in [0.25, 0.3) is 0 Å². The van der Waals surface area contributed by atoms with Gasteiger partial charge in [0.15, 0.2) is 0 Å². The van der Waals surface area contributed by atoms with Crippen LogP contribution >= 0.6 is 27.5 Å². The number of nitrogens with zero attached hydrogens (tertiary/aromatic N) is 1. The Morgan fingerprint density at radius 2 is 2.00 bits per heavy atom. The quantitative estimate of drug-likeness (QED) is 0.856. The van der Waals surface area contributed by atoms with Gasteiger partial charge in [0.05, 0.1) is 16.9 Å². The molecule has 0 bridgehead atoms. The molecule has 2 aromatic carbocycles. The van der Waals surface area contributed by atoms with Crippen LogP contribution in [0.15, 0.2) is 40.9 Å². The van der Waals surface area contributed by atoms with Crippen LogP contribution in [-0.4, -0.2) is 0 Å². The largest absolute Gasteiger partial charge is 0.352 e. The fraction of sp³-hybridized carbons (Fsp3) is 0. The summed E-state index contributed by atoms with van der Waals surface area (Å²) in [6.45, 7) is 0. The third kappa shape index (κ3) is 2.63. The molecule has 0 aliphatic rings. The molecule has 0 aliphatic heterocycles. The molecule has 0 spiro atoms. The van der Waals surface area contributed by atoms with E-state index in [9.17, 15) is 4.39 Å². The van der Waals surface area contributed by atoms with Crippen molar-refractivity contribution in [1.82, 2.24) is 0 Å². The van der Waals surface area contributed by atoms with E-state index >= 15 is 0 Å². The van der Waals surface area contributed by atoms with Crippen LogP contribution in [0.5, 0.6) is 0 Å². The van der Waals surface area contributed by atoms with Crippen molar-refractivity contribution in [3.05, 3.63) is 57.3 Å². The molecule has 2 aromatic rings. The van der Waals surface area contributed by atoms with Crippen LogP contribution in [0.4, 0.5) is 15.8 Å². The molecule has 0 radical (unpaired) electrons. The van der Waals surface area contributed by atoms with Crippen molar-refractivity contribution in [3.8, 4) is 6.07 Å². The van der Waals surface area contributed by atoms with E-state index in [4.69, 9.17) is 16.9 Å². The van der Waals surface area contributed by atoms with E-state index in [1.54, 1.807) is 24.3 Å². The third-order valence-corrected chi connectivity index (χ3v) is 3.22. The molecule has 0 unspecified atom stereocenters. The predicted octanol–water partition coefficient (Wildman–Crippen LogP) is 4.86. The van der Waals surface area contributed by atoms with Crippen molar-refractivity contribution in [1.29, 1.82) is 5.26 Å². The van der Waals surface area contributed by atoms with Crippen molar-refractivity contribution in [2.45, 2.75) is 0 Å². The molecule has 1 N–H and O–H groups in total. The summed E-state index contributed by atoms with van der Waals surface area (Å²) in [5.74, 6) is -0.466. The number of nitriles is 1. The molecule has 2 rings (SSSR count). The van der Waals surface area contributed by atoms with E-state index in [1.807, 2.05) is 0 Å². The van der Waals surface area contributed by atoms with Crippen LogP contribution in [0.2, 0.25) is 5.02 Å². The molecule has 0 saturated carbocycles. The molecule has 0 aromatic heterocycles. The fourth-order valence-corrected chi connectivity index (χ4v) is 2.09. The normalized spacial score (nSPS) is 9.89. The summed E-state index contributed by atoms with van der Waals surface area (Å²) in [7, 11) is 0. The molecule has 0 atom stereocenters. The molecule has 0 saturated heterocycles. The topological polar surface area (TPSA) is 35.8 Å². The van der Waals surface area contributed by atoms with Gasteiger partial charge in [-0.1, -0.05) is 17.7 Å². The van der Waals surface area contributed by atoms with Crippen LogP contribution in [0, 0.1) is 17.1 Å². The lowest BCUT2D eigenvalue weighted by atomic mass is 10.2. The van der Waals surface area contributed by atoms with Gasteiger partial charge in [-0.25, -0.2) is 4.39 Å². The van der Waals surface area contributed by atoms with E-state index in [0.29, 0.717) is 20.7 Å². The van der Waals surface area contributed by atoms with Gasteiger partial charge >= 0.3 is 0 Å². The maximum Gasteiger partial charge on any atom is 0.148 e. The lowest BCUT2D eigenvalue weighted by Crippen LogP contribution is -1.96. The van der Waals surface area contributed by atoms with E-state index in [0.717, 1.165) is 0 Å². The summed E-state index contributed by atoms with van der Waals surface area (Å²) < 4.78 is 14.3. The average Bonchev–Trinajstić information content (AvgIpc) is 2.33. The third-order valence-electron chi connectivity index (χ3n) is 2.33. The zero-order valence-electron chi connectivity index (χ0n) is 9.05. The molecule has 0 aliphatic carbocycles. The highest BCUT2D eigenvalue weighted by molar-refractivity contribution is 9.10. The Kier molecular flexibility index (Phi) is 3.85. The lowest BCUT2D eigenvalue weighted by Gasteiger charge is -2.10. The smallest absolute Gasteiger partial charge is 0.148 e. The summed E-state index contributed by atoms with van der Waals surface area (Å²) in [6.07, 6.45) is 0. The molecule has 18 heavy (non-hydrogen) atoms. The minimum absolute atomic E-state index is 0.272. The molecule has 2 nitrogen and oxygen atoms in total. The Balaban J connectivity index is 2.41. The second-order valence-electron chi connectivity index (χ2n) is 3.52. The molecule has 90 valence electrons. The fourth-order valence-electron chi connectivity index (χ4n) is 1.48. The summed E-state index contributed by atoms with van der Waals surface area (Å²) in [4.78, 5) is 0. The zero-order valence-corrected chi connectivity index (χ0v) is 11.4. The maximum atomic E-state index is 13.6. The van der Waals surface area contributed by atoms with E-state index < -0.39 is 5.82 Å². The van der Waals surface area contributed by atoms with Crippen LogP contribution in [0.3, 0.4) is 0 Å². The van der Waals surface area contributed by atoms with Crippen molar-refractivity contribution in [3.63, 3.8) is 0 Å². The first-order chi connectivity index (χ1) is 8.61. The number of halogens is 3. The first kappa shape index (κ1) is 12.9. The van der Waals surface area contributed by atoms with Crippen molar-refractivity contribution < 1.29 is 4.39 Å². The SMILES string of the molecule is N#Cc1c(Br)cccc1Nc1ccc(Cl)cc1F. The average molecular weight is 326 g/mol. The molecule has 0 heterocycles. The molecular formula is C13H7BrClFN2. The second kappa shape index (κ2) is 5.38. The van der Waals surface area contributed by atoms with Gasteiger partial charge < -0.3 is 5.32 Å². The number of anilines is 2. The molecule has 5 heteroatoms. The van der Waals surface area contributed by atoms with E-state index in [1.165, 1.54) is 12.1 Å². The molecule has 0 amide bonds. The zero-order chi connectivity index (χ0) is 13.1. The van der Waals surface area contributed by atoms with Crippen molar-refractivity contribution in [2.24, 2.45) is 0 Å². The highest BCUT2D eigenvalue weighted by Gasteiger charge is 2.08. The second-order valence-corrected chi connectivity index (χ2v) is 4.81. The van der Waals surface area contributed by atoms with Gasteiger partial charge in [-0.3, -0.25) is 0 Å². The van der Waals surface area contributed by atoms with Crippen LogP contribution in [-0.2, 0) is 0 Å². The highest BCUT2D eigenvalue weighted by atomic mass is 79.9. The highest BCUT2D eigenvalue weighted by Crippen LogP contribution is 2.28. The van der Waals surface area contributed by atoms with Gasteiger partial charge in [-0.15, -0.1) is 0 Å². The standard InChI is InChI=1S/C13H7BrClFN2/c14-10-2-1-3-12(9(10)7-17)18-13-5-4-8(15)6-11(13)16/h1-6,18H. The summed E-state index contributed by atoms with van der Waals surface area (Å²) in [6, 6.07) is 11.6. The number of benzene rings is 2. The Morgan fingerprint density at radius 1 is 1.22 bits per heavy atom. The van der Waals surface area contributed by atoms with Gasteiger partial charge in [0, 0.05) is 9.50 Å². The minimum Gasteiger partial charge on any atom is -0.352 e. The van der Waals surface area contributed by atoms with E-state index in [2.05, 4.69) is 27.3 Å². The Bertz CT molecular complexity index is 637. The summed E-state index contributed by atoms with van der Waals surface area (Å²) in [5, 5.41) is 12.3. The Labute approximate surface area is 117 Å². The molecule has 0 fully saturated rings. The van der Waals surface area contributed by atoms with Crippen LogP contribution < -0.4 is 5.32 Å². The number of hydrogen-bond acceptors (Lipinski definition) is 2. The molecular weight excluding hydrogens is 319 g/mol. The van der Waals surface area contributed by atoms with E-state index in [-0.39, 0.29) is 5.69 Å². The number of nitrogens with one attached hydrogen (secondary N) is 1. The van der Waals surface area contributed by atoms with Crippen LogP contribution in [0.1, 0.15) is 5.56 Å².